The van der Waals surface area contributed by atoms with Crippen molar-refractivity contribution >= 4 is 17.4 Å². The Morgan fingerprint density at radius 1 is 1.21 bits per heavy atom. The van der Waals surface area contributed by atoms with Crippen LogP contribution in [0.4, 0.5) is 0 Å². The molecule has 104 valence electrons. The van der Waals surface area contributed by atoms with Crippen molar-refractivity contribution in [1.82, 2.24) is 0 Å². The first kappa shape index (κ1) is 14.6. The molecule has 1 saturated carbocycles. The Kier molecular flexibility index (Phi) is 4.67. The van der Waals surface area contributed by atoms with E-state index in [1.165, 1.54) is 12.8 Å². The summed E-state index contributed by atoms with van der Waals surface area (Å²) in [4.78, 5) is 12.5. The average molecular weight is 279 g/mol. The molecule has 19 heavy (non-hydrogen) atoms. The molecule has 2 heteroatoms. The number of Topliss-reactive ketones (excluding diaryl/α,β-unsaturated/α-hetero) is 1. The summed E-state index contributed by atoms with van der Waals surface area (Å²) in [6.45, 7) is 6.53. The molecule has 0 heterocycles. The van der Waals surface area contributed by atoms with Crippen LogP contribution in [0.1, 0.15) is 55.5 Å². The second-order valence-electron chi connectivity index (χ2n) is 6.18. The highest BCUT2D eigenvalue weighted by Crippen LogP contribution is 2.35. The predicted octanol–water partition coefficient (Wildman–Crippen LogP) is 5.29. The zero-order valence-electron chi connectivity index (χ0n) is 12.1. The second-order valence-corrected chi connectivity index (χ2v) is 6.59. The van der Waals surface area contributed by atoms with Gasteiger partial charge in [-0.2, -0.15) is 0 Å². The Bertz CT molecular complexity index is 456. The highest BCUT2D eigenvalue weighted by atomic mass is 35.5. The van der Waals surface area contributed by atoms with Crippen molar-refractivity contribution in [2.45, 2.75) is 46.5 Å². The third kappa shape index (κ3) is 3.39. The third-order valence-corrected chi connectivity index (χ3v) is 4.95. The summed E-state index contributed by atoms with van der Waals surface area (Å²) in [6.07, 6.45) is 4.45. The topological polar surface area (TPSA) is 17.1 Å². The maximum atomic E-state index is 12.5. The molecule has 0 radical (unpaired) electrons. The molecule has 1 aliphatic rings. The molecular weight excluding hydrogens is 256 g/mol. The van der Waals surface area contributed by atoms with Gasteiger partial charge in [0.25, 0.3) is 0 Å². The Morgan fingerprint density at radius 3 is 2.37 bits per heavy atom. The van der Waals surface area contributed by atoms with Gasteiger partial charge in [0.15, 0.2) is 5.78 Å². The Morgan fingerprint density at radius 2 is 1.84 bits per heavy atom. The first-order valence-electron chi connectivity index (χ1n) is 7.29. The van der Waals surface area contributed by atoms with Crippen LogP contribution in [0.5, 0.6) is 0 Å². The van der Waals surface area contributed by atoms with Crippen molar-refractivity contribution in [3.05, 3.63) is 34.3 Å². The lowest BCUT2D eigenvalue weighted by Crippen LogP contribution is -2.24. The van der Waals surface area contributed by atoms with E-state index < -0.39 is 0 Å². The summed E-state index contributed by atoms with van der Waals surface area (Å²) >= 11 is 6.11. The lowest BCUT2D eigenvalue weighted by molar-refractivity contribution is 0.0859. The molecule has 0 saturated heterocycles. The van der Waals surface area contributed by atoms with Crippen molar-refractivity contribution < 1.29 is 4.79 Å². The molecule has 1 aliphatic carbocycles. The summed E-state index contributed by atoms with van der Waals surface area (Å²) in [5.41, 5.74) is 1.81. The Balaban J connectivity index is 2.03. The third-order valence-electron chi connectivity index (χ3n) is 4.54. The largest absolute Gasteiger partial charge is 0.294 e. The van der Waals surface area contributed by atoms with Crippen LogP contribution >= 0.6 is 11.6 Å². The molecule has 1 aromatic carbocycles. The zero-order valence-corrected chi connectivity index (χ0v) is 12.8. The van der Waals surface area contributed by atoms with E-state index in [0.717, 1.165) is 35.8 Å². The summed E-state index contributed by atoms with van der Waals surface area (Å²) < 4.78 is 0. The van der Waals surface area contributed by atoms with Gasteiger partial charge in [-0.3, -0.25) is 4.79 Å². The molecule has 1 aromatic rings. The van der Waals surface area contributed by atoms with Gasteiger partial charge >= 0.3 is 0 Å². The van der Waals surface area contributed by atoms with Crippen molar-refractivity contribution in [3.8, 4) is 0 Å². The minimum atomic E-state index is 0.203. The number of hydrogen-bond donors (Lipinski definition) is 0. The van der Waals surface area contributed by atoms with Crippen molar-refractivity contribution in [2.75, 3.05) is 0 Å². The number of benzene rings is 1. The fourth-order valence-electron chi connectivity index (χ4n) is 3.03. The molecule has 0 bridgehead atoms. The van der Waals surface area contributed by atoms with Crippen molar-refractivity contribution in [1.29, 1.82) is 0 Å². The van der Waals surface area contributed by atoms with Gasteiger partial charge in [-0.25, -0.2) is 0 Å². The number of aryl methyl sites for hydroxylation is 1. The molecule has 0 aromatic heterocycles. The van der Waals surface area contributed by atoms with Crippen molar-refractivity contribution in [2.24, 2.45) is 17.8 Å². The van der Waals surface area contributed by atoms with E-state index in [1.807, 2.05) is 25.1 Å². The number of hydrogen-bond acceptors (Lipinski definition) is 1. The first-order valence-corrected chi connectivity index (χ1v) is 7.67. The first-order chi connectivity index (χ1) is 8.99. The molecule has 0 aliphatic heterocycles. The molecule has 1 fully saturated rings. The molecule has 2 rings (SSSR count). The fraction of sp³-hybridized carbons (Fsp3) is 0.588. The van der Waals surface area contributed by atoms with Gasteiger partial charge < -0.3 is 0 Å². The van der Waals surface area contributed by atoms with Crippen LogP contribution < -0.4 is 0 Å². The number of rotatable bonds is 3. The van der Waals surface area contributed by atoms with Crippen LogP contribution in [0.15, 0.2) is 18.2 Å². The normalized spacial score (nSPS) is 23.6. The zero-order chi connectivity index (χ0) is 14.0. The lowest BCUT2D eigenvalue weighted by Gasteiger charge is -2.30. The summed E-state index contributed by atoms with van der Waals surface area (Å²) in [5.74, 6) is 2.02. The maximum Gasteiger partial charge on any atom is 0.165 e. The Hall–Kier alpha value is -0.820. The SMILES string of the molecule is Cc1ccc(C(=O)C2CCC(C(C)C)CC2)cc1Cl. The van der Waals surface area contributed by atoms with Crippen LogP contribution in [-0.4, -0.2) is 5.78 Å². The molecule has 0 N–H and O–H groups in total. The summed E-state index contributed by atoms with van der Waals surface area (Å²) in [6, 6.07) is 5.68. The smallest absolute Gasteiger partial charge is 0.165 e. The average Bonchev–Trinajstić information content (AvgIpc) is 2.41. The summed E-state index contributed by atoms with van der Waals surface area (Å²) in [7, 11) is 0. The van der Waals surface area contributed by atoms with Crippen molar-refractivity contribution in [3.63, 3.8) is 0 Å². The summed E-state index contributed by atoms with van der Waals surface area (Å²) in [5, 5.41) is 0.696. The van der Waals surface area contributed by atoms with Gasteiger partial charge in [-0.1, -0.05) is 37.6 Å². The highest BCUT2D eigenvalue weighted by Gasteiger charge is 2.28. The maximum absolute atomic E-state index is 12.5. The molecule has 1 nitrogen and oxygen atoms in total. The minimum absolute atomic E-state index is 0.203. The molecule has 0 amide bonds. The van der Waals surface area contributed by atoms with Crippen LogP contribution in [-0.2, 0) is 0 Å². The van der Waals surface area contributed by atoms with E-state index >= 15 is 0 Å². The Labute approximate surface area is 121 Å². The fourth-order valence-corrected chi connectivity index (χ4v) is 3.21. The van der Waals surface area contributed by atoms with Gasteiger partial charge in [0.2, 0.25) is 0 Å². The van der Waals surface area contributed by atoms with E-state index in [1.54, 1.807) is 0 Å². The number of halogens is 1. The predicted molar refractivity (Wildman–Crippen MR) is 80.8 cm³/mol. The van der Waals surface area contributed by atoms with Gasteiger partial charge in [-0.05, 0) is 56.1 Å². The quantitative estimate of drug-likeness (QED) is 0.686. The van der Waals surface area contributed by atoms with E-state index in [2.05, 4.69) is 13.8 Å². The monoisotopic (exact) mass is 278 g/mol. The number of ketones is 1. The van der Waals surface area contributed by atoms with E-state index in [4.69, 9.17) is 11.6 Å². The van der Waals surface area contributed by atoms with E-state index in [-0.39, 0.29) is 11.7 Å². The van der Waals surface area contributed by atoms with E-state index in [0.29, 0.717) is 5.02 Å². The number of carbonyl (C=O) groups excluding carboxylic acids is 1. The molecule has 0 atom stereocenters. The standard InChI is InChI=1S/C17H23ClO/c1-11(2)13-6-8-14(9-7-13)17(19)15-5-4-12(3)16(18)10-15/h4-5,10-11,13-14H,6-9H2,1-3H3. The van der Waals surface area contributed by atoms with Crippen LogP contribution in [0.25, 0.3) is 0 Å². The molecule has 0 unspecified atom stereocenters. The van der Waals surface area contributed by atoms with Crippen LogP contribution in [0.2, 0.25) is 5.02 Å². The highest BCUT2D eigenvalue weighted by molar-refractivity contribution is 6.31. The van der Waals surface area contributed by atoms with Gasteiger partial charge in [0.1, 0.15) is 0 Å². The van der Waals surface area contributed by atoms with Crippen LogP contribution in [0.3, 0.4) is 0 Å². The van der Waals surface area contributed by atoms with Crippen LogP contribution in [0, 0.1) is 24.7 Å². The number of carbonyl (C=O) groups is 1. The van der Waals surface area contributed by atoms with Gasteiger partial charge in [0, 0.05) is 16.5 Å². The molecule has 0 spiro atoms. The second kappa shape index (κ2) is 6.09. The minimum Gasteiger partial charge on any atom is -0.294 e. The molecular formula is C17H23ClO. The van der Waals surface area contributed by atoms with E-state index in [9.17, 15) is 4.79 Å². The lowest BCUT2D eigenvalue weighted by atomic mass is 9.75. The van der Waals surface area contributed by atoms with Gasteiger partial charge in [-0.15, -0.1) is 0 Å². The van der Waals surface area contributed by atoms with Gasteiger partial charge in [0.05, 0.1) is 0 Å².